The van der Waals surface area contributed by atoms with Crippen LogP contribution in [0.4, 0.5) is 5.69 Å². The standard InChI is InChI=1S/C18H20N2O6/c1-12-16(18(22)26-3)15(17(21)19(12)9-4-10-25-2)11-13-5-7-14(8-6-13)20(23)24/h5-8,11H,4,9-10H2,1-3H3/b15-11-. The molecule has 8 heteroatoms. The van der Waals surface area contributed by atoms with Crippen LogP contribution in [0.1, 0.15) is 18.9 Å². The molecule has 0 fully saturated rings. The van der Waals surface area contributed by atoms with E-state index in [-0.39, 0.29) is 22.7 Å². The summed E-state index contributed by atoms with van der Waals surface area (Å²) in [6.07, 6.45) is 2.16. The number of methoxy groups -OCH3 is 2. The predicted molar refractivity (Wildman–Crippen MR) is 94.0 cm³/mol. The van der Waals surface area contributed by atoms with Gasteiger partial charge in [0.05, 0.1) is 23.2 Å². The molecule has 1 heterocycles. The predicted octanol–water partition coefficient (Wildman–Crippen LogP) is 2.30. The van der Waals surface area contributed by atoms with E-state index in [1.165, 1.54) is 42.4 Å². The van der Waals surface area contributed by atoms with Gasteiger partial charge in [0, 0.05) is 38.1 Å². The second-order valence-electron chi connectivity index (χ2n) is 5.66. The number of esters is 1. The first-order chi connectivity index (χ1) is 12.4. The Morgan fingerprint density at radius 1 is 1.27 bits per heavy atom. The maximum absolute atomic E-state index is 12.8. The van der Waals surface area contributed by atoms with Gasteiger partial charge >= 0.3 is 5.97 Å². The lowest BCUT2D eigenvalue weighted by Gasteiger charge is -2.17. The van der Waals surface area contributed by atoms with E-state index in [0.29, 0.717) is 30.8 Å². The normalized spacial score (nSPS) is 15.7. The average molecular weight is 360 g/mol. The van der Waals surface area contributed by atoms with Crippen molar-refractivity contribution in [1.82, 2.24) is 4.90 Å². The summed E-state index contributed by atoms with van der Waals surface area (Å²) in [5, 5.41) is 10.8. The molecule has 1 aromatic rings. The minimum atomic E-state index is -0.599. The molecule has 0 aliphatic carbocycles. The number of hydrogen-bond acceptors (Lipinski definition) is 6. The van der Waals surface area contributed by atoms with Crippen molar-refractivity contribution in [2.45, 2.75) is 13.3 Å². The largest absolute Gasteiger partial charge is 0.465 e. The maximum Gasteiger partial charge on any atom is 0.340 e. The van der Waals surface area contributed by atoms with E-state index in [9.17, 15) is 19.7 Å². The summed E-state index contributed by atoms with van der Waals surface area (Å²) in [6, 6.07) is 5.74. The third kappa shape index (κ3) is 3.97. The molecule has 0 unspecified atom stereocenters. The Morgan fingerprint density at radius 3 is 2.46 bits per heavy atom. The van der Waals surface area contributed by atoms with E-state index in [1.807, 2.05) is 0 Å². The second-order valence-corrected chi connectivity index (χ2v) is 5.66. The molecule has 8 nitrogen and oxygen atoms in total. The number of ether oxygens (including phenoxy) is 2. The lowest BCUT2D eigenvalue weighted by molar-refractivity contribution is -0.384. The van der Waals surface area contributed by atoms with Gasteiger partial charge in [-0.25, -0.2) is 4.79 Å². The van der Waals surface area contributed by atoms with Gasteiger partial charge in [-0.15, -0.1) is 0 Å². The van der Waals surface area contributed by atoms with Gasteiger partial charge in [-0.05, 0) is 37.1 Å². The van der Waals surface area contributed by atoms with Gasteiger partial charge in [0.25, 0.3) is 11.6 Å². The summed E-state index contributed by atoms with van der Waals surface area (Å²) in [5.74, 6) is -0.907. The van der Waals surface area contributed by atoms with E-state index < -0.39 is 10.9 Å². The van der Waals surface area contributed by atoms with Crippen molar-refractivity contribution >= 4 is 23.6 Å². The van der Waals surface area contributed by atoms with E-state index in [2.05, 4.69) is 0 Å². The number of carbonyl (C=O) groups excluding carboxylic acids is 2. The van der Waals surface area contributed by atoms with Crippen molar-refractivity contribution in [2.75, 3.05) is 27.4 Å². The minimum Gasteiger partial charge on any atom is -0.465 e. The van der Waals surface area contributed by atoms with Crippen LogP contribution in [0.25, 0.3) is 6.08 Å². The summed E-state index contributed by atoms with van der Waals surface area (Å²) < 4.78 is 9.82. The minimum absolute atomic E-state index is 0.0500. The maximum atomic E-state index is 12.8. The van der Waals surface area contributed by atoms with E-state index in [0.717, 1.165) is 0 Å². The van der Waals surface area contributed by atoms with Gasteiger partial charge in [0.1, 0.15) is 0 Å². The molecule has 0 spiro atoms. The lowest BCUT2D eigenvalue weighted by Crippen LogP contribution is -2.26. The quantitative estimate of drug-likeness (QED) is 0.243. The topological polar surface area (TPSA) is 99.0 Å². The van der Waals surface area contributed by atoms with Crippen LogP contribution in [0.2, 0.25) is 0 Å². The third-order valence-electron chi connectivity index (χ3n) is 4.05. The fourth-order valence-electron chi connectivity index (χ4n) is 2.72. The van der Waals surface area contributed by atoms with Crippen molar-refractivity contribution < 1.29 is 24.0 Å². The van der Waals surface area contributed by atoms with Crippen LogP contribution in [0.15, 0.2) is 41.1 Å². The molecule has 0 atom stereocenters. The van der Waals surface area contributed by atoms with E-state index >= 15 is 0 Å². The molecule has 2 rings (SSSR count). The molecule has 0 N–H and O–H groups in total. The zero-order valence-corrected chi connectivity index (χ0v) is 14.9. The summed E-state index contributed by atoms with van der Waals surface area (Å²) >= 11 is 0. The first-order valence-electron chi connectivity index (χ1n) is 7.97. The molecule has 1 aliphatic rings. The Morgan fingerprint density at radius 2 is 1.92 bits per heavy atom. The Balaban J connectivity index is 2.39. The molecule has 0 aromatic heterocycles. The number of allylic oxidation sites excluding steroid dienone is 1. The van der Waals surface area contributed by atoms with Gasteiger partial charge < -0.3 is 14.4 Å². The van der Waals surface area contributed by atoms with Crippen molar-refractivity contribution in [3.05, 3.63) is 56.8 Å². The van der Waals surface area contributed by atoms with Gasteiger partial charge in [0.15, 0.2) is 0 Å². The summed E-state index contributed by atoms with van der Waals surface area (Å²) in [4.78, 5) is 36.7. The summed E-state index contributed by atoms with van der Waals surface area (Å²) in [5.41, 5.74) is 1.46. The molecule has 0 bridgehead atoms. The zero-order chi connectivity index (χ0) is 19.3. The highest BCUT2D eigenvalue weighted by Crippen LogP contribution is 2.31. The molecule has 26 heavy (non-hydrogen) atoms. The molecule has 0 radical (unpaired) electrons. The number of carbonyl (C=O) groups is 2. The van der Waals surface area contributed by atoms with Crippen LogP contribution >= 0.6 is 0 Å². The Kier molecular flexibility index (Phi) is 6.24. The summed E-state index contributed by atoms with van der Waals surface area (Å²) in [6.45, 7) is 2.59. The number of nitro benzene ring substituents is 1. The molecular weight excluding hydrogens is 340 g/mol. The van der Waals surface area contributed by atoms with Crippen LogP contribution in [0.5, 0.6) is 0 Å². The number of amides is 1. The van der Waals surface area contributed by atoms with Crippen molar-refractivity contribution in [1.29, 1.82) is 0 Å². The monoisotopic (exact) mass is 360 g/mol. The first kappa shape index (κ1) is 19.3. The van der Waals surface area contributed by atoms with Crippen molar-refractivity contribution in [2.24, 2.45) is 0 Å². The Bertz CT molecular complexity index is 779. The third-order valence-corrected chi connectivity index (χ3v) is 4.05. The van der Waals surface area contributed by atoms with Gasteiger partial charge in [0.2, 0.25) is 0 Å². The first-order valence-corrected chi connectivity index (χ1v) is 7.97. The highest BCUT2D eigenvalue weighted by Gasteiger charge is 2.36. The molecule has 138 valence electrons. The van der Waals surface area contributed by atoms with Gasteiger partial charge in [-0.2, -0.15) is 0 Å². The average Bonchev–Trinajstić information content (AvgIpc) is 2.86. The summed E-state index contributed by atoms with van der Waals surface area (Å²) in [7, 11) is 2.83. The van der Waals surface area contributed by atoms with Crippen LogP contribution in [-0.2, 0) is 19.1 Å². The molecular formula is C18H20N2O6. The Labute approximate surface area is 150 Å². The molecule has 0 saturated heterocycles. The number of nitrogens with zero attached hydrogens (tertiary/aromatic N) is 2. The van der Waals surface area contributed by atoms with Crippen molar-refractivity contribution in [3.63, 3.8) is 0 Å². The number of benzene rings is 1. The van der Waals surface area contributed by atoms with Crippen LogP contribution in [0.3, 0.4) is 0 Å². The van der Waals surface area contributed by atoms with Crippen LogP contribution in [0, 0.1) is 10.1 Å². The highest BCUT2D eigenvalue weighted by atomic mass is 16.6. The molecule has 1 aromatic carbocycles. The second kappa shape index (κ2) is 8.39. The van der Waals surface area contributed by atoms with Gasteiger partial charge in [-0.3, -0.25) is 14.9 Å². The van der Waals surface area contributed by atoms with E-state index in [4.69, 9.17) is 9.47 Å². The highest BCUT2D eigenvalue weighted by molar-refractivity contribution is 6.16. The lowest BCUT2D eigenvalue weighted by atomic mass is 10.0. The molecule has 0 saturated carbocycles. The fraction of sp³-hybridized carbons (Fsp3) is 0.333. The van der Waals surface area contributed by atoms with Crippen LogP contribution in [-0.4, -0.2) is 49.1 Å². The number of hydrogen-bond donors (Lipinski definition) is 0. The molecule has 1 amide bonds. The number of nitro groups is 1. The smallest absolute Gasteiger partial charge is 0.340 e. The van der Waals surface area contributed by atoms with E-state index in [1.54, 1.807) is 14.0 Å². The van der Waals surface area contributed by atoms with Crippen LogP contribution < -0.4 is 0 Å². The zero-order valence-electron chi connectivity index (χ0n) is 14.9. The molecule has 1 aliphatic heterocycles. The van der Waals surface area contributed by atoms with Gasteiger partial charge in [-0.1, -0.05) is 0 Å². The fourth-order valence-corrected chi connectivity index (χ4v) is 2.72. The van der Waals surface area contributed by atoms with Crippen molar-refractivity contribution in [3.8, 4) is 0 Å². The number of non-ortho nitro benzene ring substituents is 1. The SMILES string of the molecule is COCCCN1C(=O)/C(=C\c2ccc([N+](=O)[O-])cc2)C(C(=O)OC)=C1C. The number of rotatable bonds is 7. The Hall–Kier alpha value is -3.00.